The van der Waals surface area contributed by atoms with Crippen LogP contribution in [0, 0.1) is 5.82 Å². The Kier molecular flexibility index (Phi) is 4.25. The molecule has 0 radical (unpaired) electrons. The Morgan fingerprint density at radius 2 is 1.91 bits per heavy atom. The number of hydrogen-bond acceptors (Lipinski definition) is 4. The molecular weight excluding hydrogens is 319 g/mol. The fourth-order valence-corrected chi connectivity index (χ4v) is 2.46. The van der Waals surface area contributed by atoms with Gasteiger partial charge in [0.2, 0.25) is 0 Å². The molecule has 0 aliphatic carbocycles. The van der Waals surface area contributed by atoms with Gasteiger partial charge in [-0.3, -0.25) is 4.68 Å². The number of ether oxygens (including phenoxy) is 1. The van der Waals surface area contributed by atoms with Crippen molar-refractivity contribution in [1.29, 1.82) is 0 Å². The Hall–Kier alpha value is -2.47. The van der Waals surface area contributed by atoms with Gasteiger partial charge in [0, 0.05) is 11.6 Å². The molecule has 0 aliphatic heterocycles. The predicted octanol–water partition coefficient (Wildman–Crippen LogP) is 4.51. The number of benzene rings is 1. The Labute approximate surface area is 137 Å². The molecule has 7 heteroatoms. The standard InChI is InChI=1S/C16H14ClFN4O/c1-10(2)22-16(14(17)8-21-22)13-5-11(18)3-4-15(13)23-12-6-19-9-20-7-12/h3-10H,1-2H3. The van der Waals surface area contributed by atoms with E-state index in [0.717, 1.165) is 0 Å². The predicted molar refractivity (Wildman–Crippen MR) is 85.1 cm³/mol. The van der Waals surface area contributed by atoms with Crippen molar-refractivity contribution >= 4 is 11.6 Å². The van der Waals surface area contributed by atoms with E-state index in [9.17, 15) is 4.39 Å². The van der Waals surface area contributed by atoms with Crippen molar-refractivity contribution < 1.29 is 9.13 Å². The monoisotopic (exact) mass is 332 g/mol. The first-order chi connectivity index (χ1) is 11.1. The summed E-state index contributed by atoms with van der Waals surface area (Å²) in [5.74, 6) is 0.516. The summed E-state index contributed by atoms with van der Waals surface area (Å²) in [7, 11) is 0. The van der Waals surface area contributed by atoms with Crippen LogP contribution in [-0.4, -0.2) is 19.7 Å². The molecule has 23 heavy (non-hydrogen) atoms. The number of halogens is 2. The van der Waals surface area contributed by atoms with E-state index in [1.165, 1.54) is 37.1 Å². The van der Waals surface area contributed by atoms with Crippen molar-refractivity contribution in [2.24, 2.45) is 0 Å². The van der Waals surface area contributed by atoms with Crippen LogP contribution in [0.2, 0.25) is 5.02 Å². The van der Waals surface area contributed by atoms with E-state index in [1.54, 1.807) is 10.7 Å². The minimum atomic E-state index is -0.385. The topological polar surface area (TPSA) is 52.8 Å². The molecule has 0 aliphatic rings. The Balaban J connectivity index is 2.12. The molecule has 2 aromatic heterocycles. The fourth-order valence-electron chi connectivity index (χ4n) is 2.23. The Bertz CT molecular complexity index is 820. The summed E-state index contributed by atoms with van der Waals surface area (Å²) in [6.07, 6.45) is 6.00. The number of aromatic nitrogens is 4. The van der Waals surface area contributed by atoms with E-state index in [2.05, 4.69) is 15.1 Å². The van der Waals surface area contributed by atoms with Gasteiger partial charge in [0.05, 0.1) is 29.3 Å². The molecule has 0 fully saturated rings. The normalized spacial score (nSPS) is 11.0. The highest BCUT2D eigenvalue weighted by molar-refractivity contribution is 6.33. The van der Waals surface area contributed by atoms with E-state index in [0.29, 0.717) is 27.8 Å². The average molecular weight is 333 g/mol. The van der Waals surface area contributed by atoms with Crippen LogP contribution in [-0.2, 0) is 0 Å². The molecule has 0 spiro atoms. The van der Waals surface area contributed by atoms with Crippen molar-refractivity contribution in [3.8, 4) is 22.8 Å². The van der Waals surface area contributed by atoms with Gasteiger partial charge in [-0.15, -0.1) is 0 Å². The molecular formula is C16H14ClFN4O. The van der Waals surface area contributed by atoms with E-state index >= 15 is 0 Å². The first-order valence-corrected chi connectivity index (χ1v) is 7.40. The van der Waals surface area contributed by atoms with Crippen molar-refractivity contribution in [3.63, 3.8) is 0 Å². The highest BCUT2D eigenvalue weighted by Crippen LogP contribution is 2.38. The maximum Gasteiger partial charge on any atom is 0.164 e. The molecule has 0 atom stereocenters. The fraction of sp³-hybridized carbons (Fsp3) is 0.188. The minimum absolute atomic E-state index is 0.0636. The van der Waals surface area contributed by atoms with Crippen LogP contribution in [0.4, 0.5) is 4.39 Å². The highest BCUT2D eigenvalue weighted by atomic mass is 35.5. The molecule has 0 saturated heterocycles. The number of rotatable bonds is 4. The third-order valence-corrected chi connectivity index (χ3v) is 3.48. The van der Waals surface area contributed by atoms with Crippen LogP contribution in [0.5, 0.6) is 11.5 Å². The minimum Gasteiger partial charge on any atom is -0.453 e. The van der Waals surface area contributed by atoms with Crippen LogP contribution < -0.4 is 4.74 Å². The molecule has 0 saturated carbocycles. The lowest BCUT2D eigenvalue weighted by Gasteiger charge is -2.15. The summed E-state index contributed by atoms with van der Waals surface area (Å²) in [5, 5.41) is 4.68. The van der Waals surface area contributed by atoms with Crippen LogP contribution in [0.3, 0.4) is 0 Å². The lowest BCUT2D eigenvalue weighted by atomic mass is 10.1. The molecule has 0 N–H and O–H groups in total. The molecule has 2 heterocycles. The smallest absolute Gasteiger partial charge is 0.164 e. The Morgan fingerprint density at radius 1 is 1.17 bits per heavy atom. The third-order valence-electron chi connectivity index (χ3n) is 3.20. The van der Waals surface area contributed by atoms with Gasteiger partial charge in [0.25, 0.3) is 0 Å². The highest BCUT2D eigenvalue weighted by Gasteiger charge is 2.19. The lowest BCUT2D eigenvalue weighted by molar-refractivity contribution is 0.475. The SMILES string of the molecule is CC(C)n1ncc(Cl)c1-c1cc(F)ccc1Oc1cncnc1. The zero-order valence-electron chi connectivity index (χ0n) is 12.6. The van der Waals surface area contributed by atoms with Gasteiger partial charge in [-0.05, 0) is 32.0 Å². The quantitative estimate of drug-likeness (QED) is 0.705. The van der Waals surface area contributed by atoms with E-state index in [-0.39, 0.29) is 11.9 Å². The summed E-state index contributed by atoms with van der Waals surface area (Å²) >= 11 is 6.26. The van der Waals surface area contributed by atoms with Crippen LogP contribution >= 0.6 is 11.6 Å². The maximum absolute atomic E-state index is 13.8. The molecule has 3 aromatic rings. The summed E-state index contributed by atoms with van der Waals surface area (Å²) < 4.78 is 21.3. The van der Waals surface area contributed by atoms with Crippen molar-refractivity contribution in [3.05, 3.63) is 54.0 Å². The molecule has 0 bridgehead atoms. The lowest BCUT2D eigenvalue weighted by Crippen LogP contribution is -2.05. The van der Waals surface area contributed by atoms with Crippen molar-refractivity contribution in [1.82, 2.24) is 19.7 Å². The molecule has 0 amide bonds. The average Bonchev–Trinajstić information content (AvgIpc) is 2.92. The molecule has 3 rings (SSSR count). The summed E-state index contributed by atoms with van der Waals surface area (Å²) in [6.45, 7) is 3.94. The van der Waals surface area contributed by atoms with Gasteiger partial charge in [-0.1, -0.05) is 11.6 Å². The van der Waals surface area contributed by atoms with Gasteiger partial charge in [-0.25, -0.2) is 14.4 Å². The maximum atomic E-state index is 13.8. The Morgan fingerprint density at radius 3 is 2.61 bits per heavy atom. The van der Waals surface area contributed by atoms with E-state index in [4.69, 9.17) is 16.3 Å². The largest absolute Gasteiger partial charge is 0.453 e. The number of hydrogen-bond donors (Lipinski definition) is 0. The van der Waals surface area contributed by atoms with Gasteiger partial charge < -0.3 is 4.74 Å². The van der Waals surface area contributed by atoms with E-state index < -0.39 is 0 Å². The first-order valence-electron chi connectivity index (χ1n) is 7.02. The second kappa shape index (κ2) is 6.34. The second-order valence-electron chi connectivity index (χ2n) is 5.20. The number of nitrogens with zero attached hydrogens (tertiary/aromatic N) is 4. The van der Waals surface area contributed by atoms with E-state index in [1.807, 2.05) is 13.8 Å². The molecule has 5 nitrogen and oxygen atoms in total. The van der Waals surface area contributed by atoms with Gasteiger partial charge in [0.1, 0.15) is 17.9 Å². The molecule has 118 valence electrons. The third kappa shape index (κ3) is 3.17. The van der Waals surface area contributed by atoms with Gasteiger partial charge in [0.15, 0.2) is 5.75 Å². The summed E-state index contributed by atoms with van der Waals surface area (Å²) in [6, 6.07) is 4.31. The molecule has 1 aromatic carbocycles. The van der Waals surface area contributed by atoms with Gasteiger partial charge in [-0.2, -0.15) is 5.10 Å². The van der Waals surface area contributed by atoms with Crippen LogP contribution in [0.1, 0.15) is 19.9 Å². The van der Waals surface area contributed by atoms with Crippen LogP contribution in [0.25, 0.3) is 11.3 Å². The molecule has 0 unspecified atom stereocenters. The zero-order valence-corrected chi connectivity index (χ0v) is 13.3. The van der Waals surface area contributed by atoms with Gasteiger partial charge >= 0.3 is 0 Å². The van der Waals surface area contributed by atoms with Crippen LogP contribution in [0.15, 0.2) is 43.1 Å². The zero-order chi connectivity index (χ0) is 16.4. The summed E-state index contributed by atoms with van der Waals surface area (Å²) in [4.78, 5) is 7.80. The second-order valence-corrected chi connectivity index (χ2v) is 5.60. The van der Waals surface area contributed by atoms with Crippen molar-refractivity contribution in [2.75, 3.05) is 0 Å². The first kappa shape index (κ1) is 15.4. The summed E-state index contributed by atoms with van der Waals surface area (Å²) in [5.41, 5.74) is 1.12. The van der Waals surface area contributed by atoms with Crippen molar-refractivity contribution in [2.45, 2.75) is 19.9 Å².